The first-order valence-corrected chi connectivity index (χ1v) is 4.60. The van der Waals surface area contributed by atoms with Gasteiger partial charge in [-0.25, -0.2) is 0 Å². The number of piperidine rings is 1. The maximum Gasteiger partial charge on any atom is 0.0635 e. The SMILES string of the molecule is N#CCCN1CCCC[C@H]1CO. The Balaban J connectivity index is 2.32. The Morgan fingerprint density at radius 3 is 3.00 bits per heavy atom. The normalized spacial score (nSPS) is 25.2. The van der Waals surface area contributed by atoms with Crippen LogP contribution in [-0.2, 0) is 0 Å². The second-order valence-electron chi connectivity index (χ2n) is 3.28. The Morgan fingerprint density at radius 2 is 2.33 bits per heavy atom. The first kappa shape index (κ1) is 9.50. The molecule has 0 amide bonds. The summed E-state index contributed by atoms with van der Waals surface area (Å²) < 4.78 is 0. The fourth-order valence-electron chi connectivity index (χ4n) is 1.75. The summed E-state index contributed by atoms with van der Waals surface area (Å²) in [6, 6.07) is 2.45. The smallest absolute Gasteiger partial charge is 0.0635 e. The lowest BCUT2D eigenvalue weighted by molar-refractivity contribution is 0.0923. The summed E-state index contributed by atoms with van der Waals surface area (Å²) in [4.78, 5) is 2.23. The average molecular weight is 168 g/mol. The maximum atomic E-state index is 9.04. The maximum absolute atomic E-state index is 9.04. The molecule has 0 aromatic carbocycles. The van der Waals surface area contributed by atoms with E-state index in [4.69, 9.17) is 10.4 Å². The van der Waals surface area contributed by atoms with E-state index in [2.05, 4.69) is 11.0 Å². The molecule has 1 aliphatic heterocycles. The first-order valence-electron chi connectivity index (χ1n) is 4.60. The van der Waals surface area contributed by atoms with Crippen molar-refractivity contribution >= 4 is 0 Å². The summed E-state index contributed by atoms with van der Waals surface area (Å²) in [5, 5.41) is 17.5. The summed E-state index contributed by atoms with van der Waals surface area (Å²) in [6.45, 7) is 2.11. The van der Waals surface area contributed by atoms with Crippen molar-refractivity contribution in [3.63, 3.8) is 0 Å². The fraction of sp³-hybridized carbons (Fsp3) is 0.889. The van der Waals surface area contributed by atoms with Crippen LogP contribution in [0.5, 0.6) is 0 Å². The predicted octanol–water partition coefficient (Wildman–Crippen LogP) is 0.747. The molecule has 1 saturated heterocycles. The molecule has 0 aliphatic carbocycles. The van der Waals surface area contributed by atoms with E-state index in [9.17, 15) is 0 Å². The number of nitrogens with zero attached hydrogens (tertiary/aromatic N) is 2. The van der Waals surface area contributed by atoms with Gasteiger partial charge in [0.25, 0.3) is 0 Å². The summed E-state index contributed by atoms with van der Waals surface area (Å²) >= 11 is 0. The monoisotopic (exact) mass is 168 g/mol. The van der Waals surface area contributed by atoms with Crippen LogP contribution in [0.4, 0.5) is 0 Å². The van der Waals surface area contributed by atoms with Crippen LogP contribution in [0.25, 0.3) is 0 Å². The van der Waals surface area contributed by atoms with Gasteiger partial charge in [-0.2, -0.15) is 5.26 Å². The van der Waals surface area contributed by atoms with Crippen molar-refractivity contribution in [2.75, 3.05) is 19.7 Å². The highest BCUT2D eigenvalue weighted by Crippen LogP contribution is 2.16. The van der Waals surface area contributed by atoms with E-state index in [-0.39, 0.29) is 6.61 Å². The zero-order valence-corrected chi connectivity index (χ0v) is 7.37. The predicted molar refractivity (Wildman–Crippen MR) is 46.5 cm³/mol. The third-order valence-electron chi connectivity index (χ3n) is 2.47. The fourth-order valence-corrected chi connectivity index (χ4v) is 1.75. The van der Waals surface area contributed by atoms with Gasteiger partial charge >= 0.3 is 0 Å². The van der Waals surface area contributed by atoms with E-state index in [1.807, 2.05) is 0 Å². The highest BCUT2D eigenvalue weighted by molar-refractivity contribution is 4.79. The van der Waals surface area contributed by atoms with Gasteiger partial charge in [-0.05, 0) is 19.4 Å². The molecule has 1 fully saturated rings. The first-order chi connectivity index (χ1) is 5.88. The molecule has 0 radical (unpaired) electrons. The standard InChI is InChI=1S/C9H16N2O/c10-5-3-7-11-6-2-1-4-9(11)8-12/h9,12H,1-4,6-8H2/t9-/m0/s1. The van der Waals surface area contributed by atoms with Gasteiger partial charge in [0.2, 0.25) is 0 Å². The molecular weight excluding hydrogens is 152 g/mol. The second-order valence-corrected chi connectivity index (χ2v) is 3.28. The van der Waals surface area contributed by atoms with E-state index >= 15 is 0 Å². The van der Waals surface area contributed by atoms with Gasteiger partial charge in [0.1, 0.15) is 0 Å². The van der Waals surface area contributed by atoms with Gasteiger partial charge < -0.3 is 5.11 Å². The zero-order chi connectivity index (χ0) is 8.81. The molecule has 0 aromatic rings. The lowest BCUT2D eigenvalue weighted by Gasteiger charge is -2.33. The highest BCUT2D eigenvalue weighted by atomic mass is 16.3. The molecular formula is C9H16N2O. The van der Waals surface area contributed by atoms with Crippen molar-refractivity contribution in [1.29, 1.82) is 5.26 Å². The summed E-state index contributed by atoms with van der Waals surface area (Å²) in [6.07, 6.45) is 4.09. The van der Waals surface area contributed by atoms with Crippen molar-refractivity contribution in [3.05, 3.63) is 0 Å². The number of hydrogen-bond donors (Lipinski definition) is 1. The summed E-state index contributed by atoms with van der Waals surface area (Å²) in [5.41, 5.74) is 0. The molecule has 3 nitrogen and oxygen atoms in total. The third kappa shape index (κ3) is 2.47. The highest BCUT2D eigenvalue weighted by Gasteiger charge is 2.20. The van der Waals surface area contributed by atoms with Crippen molar-refractivity contribution in [2.24, 2.45) is 0 Å². The van der Waals surface area contributed by atoms with Crippen molar-refractivity contribution in [1.82, 2.24) is 4.90 Å². The number of aliphatic hydroxyl groups is 1. The number of likely N-dealkylation sites (tertiary alicyclic amines) is 1. The Bertz CT molecular complexity index is 164. The molecule has 1 rings (SSSR count). The number of rotatable bonds is 3. The minimum Gasteiger partial charge on any atom is -0.395 e. The Labute approximate surface area is 73.6 Å². The van der Waals surface area contributed by atoms with Crippen LogP contribution in [0.3, 0.4) is 0 Å². The van der Waals surface area contributed by atoms with Crippen LogP contribution < -0.4 is 0 Å². The quantitative estimate of drug-likeness (QED) is 0.676. The Kier molecular flexibility index (Phi) is 4.06. The lowest BCUT2D eigenvalue weighted by Crippen LogP contribution is -2.42. The third-order valence-corrected chi connectivity index (χ3v) is 2.47. The average Bonchev–Trinajstić information content (AvgIpc) is 2.15. The topological polar surface area (TPSA) is 47.3 Å². The summed E-state index contributed by atoms with van der Waals surface area (Å²) in [5.74, 6) is 0. The summed E-state index contributed by atoms with van der Waals surface area (Å²) in [7, 11) is 0. The van der Waals surface area contributed by atoms with Crippen LogP contribution in [0, 0.1) is 11.3 Å². The Morgan fingerprint density at radius 1 is 1.50 bits per heavy atom. The van der Waals surface area contributed by atoms with Gasteiger partial charge in [0.05, 0.1) is 12.7 Å². The van der Waals surface area contributed by atoms with Gasteiger partial charge in [-0.15, -0.1) is 0 Å². The molecule has 0 bridgehead atoms. The largest absolute Gasteiger partial charge is 0.395 e. The van der Waals surface area contributed by atoms with Crippen LogP contribution >= 0.6 is 0 Å². The van der Waals surface area contributed by atoms with Gasteiger partial charge in [0, 0.05) is 19.0 Å². The minimum absolute atomic E-state index is 0.241. The van der Waals surface area contributed by atoms with E-state index in [0.717, 1.165) is 19.5 Å². The molecule has 12 heavy (non-hydrogen) atoms. The molecule has 0 spiro atoms. The van der Waals surface area contributed by atoms with E-state index in [1.165, 1.54) is 12.8 Å². The number of aliphatic hydroxyl groups excluding tert-OH is 1. The molecule has 0 aromatic heterocycles. The Hall–Kier alpha value is -0.590. The number of hydrogen-bond acceptors (Lipinski definition) is 3. The molecule has 1 aliphatic rings. The molecule has 1 N–H and O–H groups in total. The molecule has 0 unspecified atom stereocenters. The van der Waals surface area contributed by atoms with Crippen LogP contribution in [0.2, 0.25) is 0 Å². The molecule has 1 atom stereocenters. The van der Waals surface area contributed by atoms with Crippen LogP contribution in [0.1, 0.15) is 25.7 Å². The minimum atomic E-state index is 0.241. The lowest BCUT2D eigenvalue weighted by atomic mass is 10.0. The van der Waals surface area contributed by atoms with Gasteiger partial charge in [0.15, 0.2) is 0 Å². The second kappa shape index (κ2) is 5.13. The van der Waals surface area contributed by atoms with Crippen LogP contribution in [0.15, 0.2) is 0 Å². The van der Waals surface area contributed by atoms with E-state index in [0.29, 0.717) is 12.5 Å². The van der Waals surface area contributed by atoms with Gasteiger partial charge in [-0.3, -0.25) is 4.90 Å². The molecule has 3 heteroatoms. The van der Waals surface area contributed by atoms with Crippen molar-refractivity contribution < 1.29 is 5.11 Å². The van der Waals surface area contributed by atoms with E-state index < -0.39 is 0 Å². The van der Waals surface area contributed by atoms with Gasteiger partial charge in [-0.1, -0.05) is 6.42 Å². The van der Waals surface area contributed by atoms with Crippen molar-refractivity contribution in [3.8, 4) is 6.07 Å². The molecule has 1 heterocycles. The zero-order valence-electron chi connectivity index (χ0n) is 7.37. The molecule has 68 valence electrons. The molecule has 0 saturated carbocycles. The van der Waals surface area contributed by atoms with Crippen molar-refractivity contribution in [2.45, 2.75) is 31.7 Å². The van der Waals surface area contributed by atoms with E-state index in [1.54, 1.807) is 0 Å². The number of nitriles is 1. The van der Waals surface area contributed by atoms with Crippen LogP contribution in [-0.4, -0.2) is 35.7 Å².